The molecule has 0 saturated heterocycles. The number of pyridine rings is 1. The first-order chi connectivity index (χ1) is 17.1. The Hall–Kier alpha value is -3.50. The molecular weight excluding hydrogens is 487 g/mol. The summed E-state index contributed by atoms with van der Waals surface area (Å²) >= 11 is 0. The number of anilines is 1. The fourth-order valence-electron chi connectivity index (χ4n) is 3.78. The van der Waals surface area contributed by atoms with Crippen LogP contribution >= 0.6 is 0 Å². The van der Waals surface area contributed by atoms with Gasteiger partial charge in [-0.05, 0) is 18.2 Å². The number of ether oxygens (including phenoxy) is 3. The van der Waals surface area contributed by atoms with Crippen molar-refractivity contribution in [2.45, 2.75) is 32.4 Å². The Labute approximate surface area is 208 Å². The Morgan fingerprint density at radius 1 is 1.00 bits per heavy atom. The maximum atomic E-state index is 15.3. The van der Waals surface area contributed by atoms with Crippen molar-refractivity contribution >= 4 is 24.8 Å². The Morgan fingerprint density at radius 3 is 2.39 bits per heavy atom. The van der Waals surface area contributed by atoms with Crippen LogP contribution < -0.4 is 15.2 Å². The van der Waals surface area contributed by atoms with Crippen LogP contribution in [-0.4, -0.2) is 31.3 Å². The van der Waals surface area contributed by atoms with Crippen molar-refractivity contribution in [3.05, 3.63) is 66.2 Å². The maximum absolute atomic E-state index is 15.3. The van der Waals surface area contributed by atoms with Crippen LogP contribution in [0.3, 0.4) is 0 Å². The second-order valence-corrected chi connectivity index (χ2v) is 15.2. The molecule has 0 aliphatic rings. The van der Waals surface area contributed by atoms with Gasteiger partial charge in [0.2, 0.25) is 0 Å². The fourth-order valence-corrected chi connectivity index (χ4v) is 4.54. The van der Waals surface area contributed by atoms with Crippen LogP contribution in [0.25, 0.3) is 22.2 Å². The number of benzene rings is 2. The summed E-state index contributed by atoms with van der Waals surface area (Å²) in [6, 6.07) is 9.13. The van der Waals surface area contributed by atoms with Crippen LogP contribution in [0.2, 0.25) is 25.7 Å². The molecule has 0 unspecified atom stereocenters. The van der Waals surface area contributed by atoms with E-state index >= 15 is 4.39 Å². The smallest absolute Gasteiger partial charge is 0.198 e. The van der Waals surface area contributed by atoms with Crippen molar-refractivity contribution in [2.24, 2.45) is 0 Å². The molecule has 4 rings (SSSR count). The van der Waals surface area contributed by atoms with Gasteiger partial charge in [0.15, 0.2) is 29.0 Å². The minimum absolute atomic E-state index is 0.0572. The van der Waals surface area contributed by atoms with Gasteiger partial charge in [-0.3, -0.25) is 0 Å². The fraction of sp³-hybridized carbons (Fsp3) is 0.269. The number of hydrogen-bond donors (Lipinski definition) is 1. The number of fused-ring (bicyclic) bond motifs is 1. The lowest BCUT2D eigenvalue weighted by Crippen LogP contribution is -2.22. The summed E-state index contributed by atoms with van der Waals surface area (Å²) in [7, 11) is 0.0807. The molecule has 2 N–H and O–H groups in total. The summed E-state index contributed by atoms with van der Waals surface area (Å²) in [6.07, 6.45) is 3.14. The number of methoxy groups -OCH3 is 1. The van der Waals surface area contributed by atoms with Crippen LogP contribution in [-0.2, 0) is 11.5 Å². The predicted molar refractivity (Wildman–Crippen MR) is 137 cm³/mol. The Bertz CT molecular complexity index is 1380. The van der Waals surface area contributed by atoms with E-state index in [1.807, 2.05) is 0 Å². The molecule has 0 radical (unpaired) electrons. The largest absolute Gasteiger partial charge is 0.494 e. The number of rotatable bonds is 9. The predicted octanol–water partition coefficient (Wildman–Crippen LogP) is 6.82. The van der Waals surface area contributed by atoms with Crippen LogP contribution in [0.15, 0.2) is 48.8 Å². The van der Waals surface area contributed by atoms with Crippen molar-refractivity contribution in [1.29, 1.82) is 0 Å². The van der Waals surface area contributed by atoms with Gasteiger partial charge in [-0.2, -0.15) is 0 Å². The molecule has 0 atom stereocenters. The van der Waals surface area contributed by atoms with Gasteiger partial charge in [0.05, 0.1) is 12.5 Å². The van der Waals surface area contributed by atoms with E-state index in [0.717, 1.165) is 18.2 Å². The van der Waals surface area contributed by atoms with Gasteiger partial charge >= 0.3 is 0 Å². The van der Waals surface area contributed by atoms with E-state index in [0.29, 0.717) is 23.2 Å². The van der Waals surface area contributed by atoms with Gasteiger partial charge in [-0.1, -0.05) is 31.8 Å². The molecule has 2 aromatic carbocycles. The molecule has 6 nitrogen and oxygen atoms in total. The van der Waals surface area contributed by atoms with Crippen LogP contribution in [0.5, 0.6) is 17.2 Å². The van der Waals surface area contributed by atoms with Gasteiger partial charge in [0.25, 0.3) is 0 Å². The lowest BCUT2D eigenvalue weighted by molar-refractivity contribution is 0.0899. The second kappa shape index (κ2) is 10.2. The van der Waals surface area contributed by atoms with Gasteiger partial charge < -0.3 is 24.5 Å². The highest BCUT2D eigenvalue weighted by Crippen LogP contribution is 2.41. The Morgan fingerprint density at radius 2 is 1.72 bits per heavy atom. The molecule has 0 saturated carbocycles. The van der Waals surface area contributed by atoms with Gasteiger partial charge in [0.1, 0.15) is 18.1 Å². The molecule has 190 valence electrons. The highest BCUT2D eigenvalue weighted by molar-refractivity contribution is 6.76. The van der Waals surface area contributed by atoms with E-state index in [2.05, 4.69) is 24.6 Å². The number of nitrogen functional groups attached to an aromatic ring is 1. The third-order valence-electron chi connectivity index (χ3n) is 5.65. The summed E-state index contributed by atoms with van der Waals surface area (Å²) in [6.45, 7) is 7.49. The summed E-state index contributed by atoms with van der Waals surface area (Å²) in [5.41, 5.74) is 6.50. The SMILES string of the molecule is COc1cccc(-c2cn(COCC[Si](C)(C)C)c3nccc(Oc4c(F)cc(N)cc4F)c23)c1F. The second-order valence-electron chi connectivity index (χ2n) is 9.61. The van der Waals surface area contributed by atoms with E-state index in [-0.39, 0.29) is 29.5 Å². The van der Waals surface area contributed by atoms with E-state index in [1.165, 1.54) is 25.4 Å². The summed E-state index contributed by atoms with van der Waals surface area (Å²) in [5, 5.41) is 0.370. The van der Waals surface area contributed by atoms with E-state index < -0.39 is 31.3 Å². The zero-order chi connectivity index (χ0) is 26.0. The molecule has 0 aliphatic carbocycles. The molecule has 0 bridgehead atoms. The molecule has 4 aromatic rings. The lowest BCUT2D eigenvalue weighted by atomic mass is 10.0. The number of nitrogens with two attached hydrogens (primary N) is 1. The van der Waals surface area contributed by atoms with E-state index in [4.69, 9.17) is 19.9 Å². The summed E-state index contributed by atoms with van der Waals surface area (Å²) in [5.74, 6) is -2.96. The van der Waals surface area contributed by atoms with Gasteiger partial charge in [-0.25, -0.2) is 18.2 Å². The molecule has 36 heavy (non-hydrogen) atoms. The minimum atomic E-state index is -1.29. The van der Waals surface area contributed by atoms with Crippen molar-refractivity contribution in [3.8, 4) is 28.4 Å². The van der Waals surface area contributed by atoms with Crippen molar-refractivity contribution in [2.75, 3.05) is 19.5 Å². The zero-order valence-electron chi connectivity index (χ0n) is 20.6. The third-order valence-corrected chi connectivity index (χ3v) is 7.36. The van der Waals surface area contributed by atoms with E-state index in [1.54, 1.807) is 22.9 Å². The first-order valence-corrected chi connectivity index (χ1v) is 15.1. The third kappa shape index (κ3) is 5.34. The Kier molecular flexibility index (Phi) is 7.27. The lowest BCUT2D eigenvalue weighted by Gasteiger charge is -2.15. The quantitative estimate of drug-likeness (QED) is 0.151. The number of halogens is 3. The summed E-state index contributed by atoms with van der Waals surface area (Å²) in [4.78, 5) is 4.44. The van der Waals surface area contributed by atoms with Crippen molar-refractivity contribution in [1.82, 2.24) is 9.55 Å². The average molecular weight is 516 g/mol. The van der Waals surface area contributed by atoms with Crippen molar-refractivity contribution < 1.29 is 27.4 Å². The molecule has 0 amide bonds. The topological polar surface area (TPSA) is 71.5 Å². The minimum Gasteiger partial charge on any atom is -0.494 e. The van der Waals surface area contributed by atoms with Gasteiger partial charge in [-0.15, -0.1) is 0 Å². The standard InChI is InChI=1S/C26H28F3N3O3Si/c1-33-22-7-5-6-17(24(22)29)18-14-32(15-34-10-11-36(2,3)4)26-23(18)21(8-9-31-26)35-25-19(27)12-16(30)13-20(25)28/h5-9,12-14H,10-11,15,30H2,1-4H3. The van der Waals surface area contributed by atoms with E-state index in [9.17, 15) is 8.78 Å². The first kappa shape index (κ1) is 25.6. The number of aromatic nitrogens is 2. The number of hydrogen-bond acceptors (Lipinski definition) is 5. The van der Waals surface area contributed by atoms with Crippen LogP contribution in [0.1, 0.15) is 0 Å². The molecule has 2 aromatic heterocycles. The molecule has 0 fully saturated rings. The maximum Gasteiger partial charge on any atom is 0.198 e. The van der Waals surface area contributed by atoms with Crippen molar-refractivity contribution in [3.63, 3.8) is 0 Å². The van der Waals surface area contributed by atoms with Crippen LogP contribution in [0, 0.1) is 17.5 Å². The number of nitrogens with zero attached hydrogens (tertiary/aromatic N) is 2. The molecule has 10 heteroatoms. The molecule has 0 aliphatic heterocycles. The van der Waals surface area contributed by atoms with Crippen LogP contribution in [0.4, 0.5) is 18.9 Å². The first-order valence-electron chi connectivity index (χ1n) is 11.4. The molecule has 2 heterocycles. The monoisotopic (exact) mass is 515 g/mol. The highest BCUT2D eigenvalue weighted by atomic mass is 28.3. The Balaban J connectivity index is 1.84. The summed E-state index contributed by atoms with van der Waals surface area (Å²) < 4.78 is 62.8. The average Bonchev–Trinajstić information content (AvgIpc) is 3.18. The highest BCUT2D eigenvalue weighted by Gasteiger charge is 2.22. The van der Waals surface area contributed by atoms with Gasteiger partial charge in [0, 0.05) is 56.0 Å². The normalized spacial score (nSPS) is 11.8. The zero-order valence-corrected chi connectivity index (χ0v) is 21.6. The molecule has 0 spiro atoms. The molecular formula is C26H28F3N3O3Si.